The summed E-state index contributed by atoms with van der Waals surface area (Å²) < 4.78 is 44.5. The van der Waals surface area contributed by atoms with Gasteiger partial charge < -0.3 is 19.1 Å². The quantitative estimate of drug-likeness (QED) is 0.523. The highest BCUT2D eigenvalue weighted by molar-refractivity contribution is 7.92. The van der Waals surface area contributed by atoms with Gasteiger partial charge in [-0.2, -0.15) is 0 Å². The number of ether oxygens (including phenoxy) is 3. The smallest absolute Gasteiger partial charge is 0.261 e. The fourth-order valence-corrected chi connectivity index (χ4v) is 4.59. The van der Waals surface area contributed by atoms with Gasteiger partial charge in [0.15, 0.2) is 11.5 Å². The van der Waals surface area contributed by atoms with Crippen LogP contribution in [0.15, 0.2) is 71.6 Å². The van der Waals surface area contributed by atoms with E-state index in [0.717, 1.165) is 5.56 Å². The molecule has 0 bridgehead atoms. The lowest BCUT2D eigenvalue weighted by Gasteiger charge is -2.21. The van der Waals surface area contributed by atoms with Crippen LogP contribution in [0.3, 0.4) is 0 Å². The summed E-state index contributed by atoms with van der Waals surface area (Å²) in [7, 11) is -2.11. The highest BCUT2D eigenvalue weighted by Gasteiger charge is 2.18. The molecule has 1 amide bonds. The fraction of sp³-hybridized carbons (Fsp3) is 0.240. The van der Waals surface area contributed by atoms with Crippen molar-refractivity contribution < 1.29 is 27.4 Å². The summed E-state index contributed by atoms with van der Waals surface area (Å²) >= 11 is 0. The molecule has 0 unspecified atom stereocenters. The molecule has 1 N–H and O–H groups in total. The van der Waals surface area contributed by atoms with Crippen LogP contribution in [0.2, 0.25) is 0 Å². The van der Waals surface area contributed by atoms with Crippen LogP contribution in [0.1, 0.15) is 22.8 Å². The highest BCUT2D eigenvalue weighted by atomic mass is 32.2. The maximum Gasteiger partial charge on any atom is 0.261 e. The molecule has 0 saturated carbocycles. The van der Waals surface area contributed by atoms with Crippen molar-refractivity contribution in [3.63, 3.8) is 0 Å². The molecule has 0 fully saturated rings. The van der Waals surface area contributed by atoms with E-state index in [4.69, 9.17) is 14.2 Å². The Bertz CT molecular complexity index is 1260. The summed E-state index contributed by atoms with van der Waals surface area (Å²) in [5.74, 6) is 1.80. The zero-order valence-corrected chi connectivity index (χ0v) is 19.8. The van der Waals surface area contributed by atoms with Gasteiger partial charge in [-0.25, -0.2) is 8.42 Å². The van der Waals surface area contributed by atoms with Crippen LogP contribution in [0.25, 0.3) is 0 Å². The van der Waals surface area contributed by atoms with Crippen molar-refractivity contribution >= 4 is 21.6 Å². The van der Waals surface area contributed by atoms with Crippen LogP contribution < -0.4 is 18.9 Å². The molecule has 0 radical (unpaired) electrons. The Hall–Kier alpha value is -3.72. The second-order valence-electron chi connectivity index (χ2n) is 7.73. The number of fused-ring (bicyclic) bond motifs is 1. The van der Waals surface area contributed by atoms with Crippen LogP contribution in [0.5, 0.6) is 17.2 Å². The number of hydrogen-bond acceptors (Lipinski definition) is 6. The molecule has 4 rings (SSSR count). The molecule has 1 heterocycles. The van der Waals surface area contributed by atoms with E-state index in [2.05, 4.69) is 4.72 Å². The Morgan fingerprint density at radius 2 is 1.65 bits per heavy atom. The standard InChI is InChI=1S/C25H26N2O6S/c1-3-31-21-9-7-20(8-10-21)26-34(29,30)22-11-5-19(6-12-22)25(28)27(2)17-18-4-13-23-24(16-18)33-15-14-32-23/h4-13,16,26H,3,14-15,17H2,1-2H3. The topological polar surface area (TPSA) is 94.2 Å². The molecule has 1 aliphatic rings. The minimum Gasteiger partial charge on any atom is -0.494 e. The van der Waals surface area contributed by atoms with Crippen LogP contribution in [-0.4, -0.2) is 46.1 Å². The lowest BCUT2D eigenvalue weighted by Crippen LogP contribution is -2.26. The lowest BCUT2D eigenvalue weighted by atomic mass is 10.1. The molecule has 9 heteroatoms. The second-order valence-corrected chi connectivity index (χ2v) is 9.41. The molecular formula is C25H26N2O6S. The third kappa shape index (κ3) is 5.43. The highest BCUT2D eigenvalue weighted by Crippen LogP contribution is 2.31. The first kappa shape index (κ1) is 23.4. The van der Waals surface area contributed by atoms with Gasteiger partial charge in [-0.3, -0.25) is 9.52 Å². The van der Waals surface area contributed by atoms with Gasteiger partial charge in [0.2, 0.25) is 0 Å². The maximum atomic E-state index is 12.9. The molecule has 1 aliphatic heterocycles. The summed E-state index contributed by atoms with van der Waals surface area (Å²) in [6.45, 7) is 3.79. The summed E-state index contributed by atoms with van der Waals surface area (Å²) in [6.07, 6.45) is 0. The number of amides is 1. The first-order chi connectivity index (χ1) is 16.4. The maximum absolute atomic E-state index is 12.9. The normalized spacial score (nSPS) is 12.6. The number of benzene rings is 3. The fourth-order valence-electron chi connectivity index (χ4n) is 3.53. The summed E-state index contributed by atoms with van der Waals surface area (Å²) in [4.78, 5) is 14.5. The molecule has 0 spiro atoms. The molecule has 34 heavy (non-hydrogen) atoms. The van der Waals surface area contributed by atoms with Crippen molar-refractivity contribution in [2.45, 2.75) is 18.4 Å². The monoisotopic (exact) mass is 482 g/mol. The largest absolute Gasteiger partial charge is 0.494 e. The van der Waals surface area contributed by atoms with Crippen LogP contribution in [-0.2, 0) is 16.6 Å². The molecule has 0 aromatic heterocycles. The van der Waals surface area contributed by atoms with Crippen LogP contribution >= 0.6 is 0 Å². The number of nitrogens with one attached hydrogen (secondary N) is 1. The van der Waals surface area contributed by atoms with Gasteiger partial charge in [-0.05, 0) is 73.2 Å². The van der Waals surface area contributed by atoms with Crippen molar-refractivity contribution in [3.05, 3.63) is 77.9 Å². The molecule has 0 aliphatic carbocycles. The average molecular weight is 483 g/mol. The SMILES string of the molecule is CCOc1ccc(NS(=O)(=O)c2ccc(C(=O)N(C)Cc3ccc4c(c3)OCCO4)cc2)cc1. The van der Waals surface area contributed by atoms with Crippen LogP contribution in [0, 0.1) is 0 Å². The van der Waals surface area contributed by atoms with Crippen molar-refractivity contribution in [3.8, 4) is 17.2 Å². The number of carbonyl (C=O) groups excluding carboxylic acids is 1. The Labute approximate surface area is 199 Å². The minimum absolute atomic E-state index is 0.0624. The molecule has 0 atom stereocenters. The molecular weight excluding hydrogens is 456 g/mol. The summed E-state index contributed by atoms with van der Waals surface area (Å²) in [5, 5.41) is 0. The van der Waals surface area contributed by atoms with E-state index >= 15 is 0 Å². The van der Waals surface area contributed by atoms with Crippen LogP contribution in [0.4, 0.5) is 5.69 Å². The number of carbonyl (C=O) groups is 1. The first-order valence-electron chi connectivity index (χ1n) is 10.9. The molecule has 178 valence electrons. The predicted octanol–water partition coefficient (Wildman–Crippen LogP) is 3.93. The average Bonchev–Trinajstić information content (AvgIpc) is 2.85. The van der Waals surface area contributed by atoms with E-state index in [1.807, 2.05) is 25.1 Å². The summed E-state index contributed by atoms with van der Waals surface area (Å²) in [6, 6.07) is 18.1. The van der Waals surface area contributed by atoms with Gasteiger partial charge in [-0.1, -0.05) is 6.07 Å². The molecule has 3 aromatic carbocycles. The number of rotatable bonds is 8. The lowest BCUT2D eigenvalue weighted by molar-refractivity contribution is 0.0784. The minimum atomic E-state index is -3.80. The van der Waals surface area contributed by atoms with Gasteiger partial charge in [-0.15, -0.1) is 0 Å². The molecule has 3 aromatic rings. The van der Waals surface area contributed by atoms with E-state index in [9.17, 15) is 13.2 Å². The Morgan fingerprint density at radius 1 is 0.971 bits per heavy atom. The zero-order valence-electron chi connectivity index (χ0n) is 19.0. The van der Waals surface area contributed by atoms with Crippen molar-refractivity contribution in [2.24, 2.45) is 0 Å². The summed E-state index contributed by atoms with van der Waals surface area (Å²) in [5.41, 5.74) is 1.71. The van der Waals surface area contributed by atoms with Gasteiger partial charge in [0, 0.05) is 24.8 Å². The van der Waals surface area contributed by atoms with Crippen molar-refractivity contribution in [2.75, 3.05) is 31.6 Å². The van der Waals surface area contributed by atoms with Crippen molar-refractivity contribution in [1.29, 1.82) is 0 Å². The van der Waals surface area contributed by atoms with Gasteiger partial charge in [0.05, 0.1) is 11.5 Å². The third-order valence-electron chi connectivity index (χ3n) is 5.20. The Kier molecular flexibility index (Phi) is 6.93. The van der Waals surface area contributed by atoms with E-state index in [1.165, 1.54) is 24.3 Å². The predicted molar refractivity (Wildman–Crippen MR) is 128 cm³/mol. The van der Waals surface area contributed by atoms with Gasteiger partial charge in [0.25, 0.3) is 15.9 Å². The van der Waals surface area contributed by atoms with E-state index < -0.39 is 10.0 Å². The van der Waals surface area contributed by atoms with E-state index in [0.29, 0.717) is 54.9 Å². The number of nitrogens with zero attached hydrogens (tertiary/aromatic N) is 1. The Balaban J connectivity index is 1.41. The second kappa shape index (κ2) is 10.0. The van der Waals surface area contributed by atoms with Gasteiger partial charge >= 0.3 is 0 Å². The molecule has 8 nitrogen and oxygen atoms in total. The Morgan fingerprint density at radius 3 is 2.32 bits per heavy atom. The zero-order chi connectivity index (χ0) is 24.1. The van der Waals surface area contributed by atoms with Crippen molar-refractivity contribution in [1.82, 2.24) is 4.90 Å². The molecule has 0 saturated heterocycles. The third-order valence-corrected chi connectivity index (χ3v) is 6.60. The number of hydrogen-bond donors (Lipinski definition) is 1. The number of sulfonamides is 1. The first-order valence-corrected chi connectivity index (χ1v) is 12.3. The number of anilines is 1. The van der Waals surface area contributed by atoms with E-state index in [1.54, 1.807) is 36.2 Å². The van der Waals surface area contributed by atoms with E-state index in [-0.39, 0.29) is 10.8 Å². The van der Waals surface area contributed by atoms with Gasteiger partial charge in [0.1, 0.15) is 19.0 Å².